The largest absolute Gasteiger partial charge is 1.00 e. The van der Waals surface area contributed by atoms with Gasteiger partial charge in [-0.2, -0.15) is 0 Å². The number of ketones is 1. The molecule has 0 aliphatic carbocycles. The molecule has 6 aromatic rings. The Morgan fingerprint density at radius 1 is 0.578 bits per heavy atom. The molecule has 6 heterocycles. The number of hydrogen-bond acceptors (Lipinski definition) is 14. The molecule has 1 N–H and O–H groups in total. The van der Waals surface area contributed by atoms with Crippen LogP contribution in [0.25, 0.3) is 0 Å². The van der Waals surface area contributed by atoms with Gasteiger partial charge in [-0.25, -0.2) is 19.2 Å². The van der Waals surface area contributed by atoms with Gasteiger partial charge in [0.2, 0.25) is 11.8 Å². The molecule has 6 aliphatic heterocycles. The molecule has 6 fully saturated rings. The molecule has 90 heavy (non-hydrogen) atoms. The molecular weight excluding hydrogens is 1170 g/mol. The number of nitrogens with zero attached hydrogens (tertiary/aromatic N) is 6. The van der Waals surface area contributed by atoms with E-state index in [1.54, 1.807) is 4.90 Å². The standard InChI is InChI=1S/C34H37N3O5.C20H19NO4.C14H18N2O2.CN.B.ClH.Na/c1-41-32(39)29-21-28(23-36(29)31(38)30(26-13-7-3-8-14-26)27-15-9-4-10-16-27)35-19-17-34(24-35)18-20-42-33(40)37(34)22-25-11-5-2-6-12-25;1-25-20(24)17-12-16(22)13-21(17)19(23)18(14-8-4-2-5-9-14)15-10-6-3-7-11-15;17-13-16(10-12-4-2-1-3-5-12)14(7-9-18-13)6-8-15-11-14;1-2;;;/h2-16,28-30H,17-24H2,1H3;2-11,17-18H,12-13H2,1H3;1-5,15H,6-11H2;;;1H;/q;;;-1;;;+1/t28-,29-,34?;17-;;;;;/m00...../s1. The number of benzene rings is 6. The topological polar surface area (TPSA) is 208 Å². The van der Waals surface area contributed by atoms with Crippen molar-refractivity contribution in [2.24, 2.45) is 0 Å². The van der Waals surface area contributed by atoms with E-state index in [-0.39, 0.29) is 110 Å². The van der Waals surface area contributed by atoms with Gasteiger partial charge in [0.05, 0.1) is 56.9 Å². The van der Waals surface area contributed by atoms with E-state index in [1.807, 2.05) is 180 Å². The van der Waals surface area contributed by atoms with Crippen LogP contribution in [0.5, 0.6) is 0 Å². The molecule has 2 spiro atoms. The normalized spacial score (nSPS) is 21.6. The molecule has 2 unspecified atom stereocenters. The van der Waals surface area contributed by atoms with Gasteiger partial charge in [-0.3, -0.25) is 29.1 Å². The summed E-state index contributed by atoms with van der Waals surface area (Å²) in [5.41, 5.74) is 5.25. The van der Waals surface area contributed by atoms with Crippen molar-refractivity contribution >= 4 is 62.5 Å². The summed E-state index contributed by atoms with van der Waals surface area (Å²) in [5.74, 6) is -2.56. The van der Waals surface area contributed by atoms with Crippen LogP contribution in [0.15, 0.2) is 182 Å². The summed E-state index contributed by atoms with van der Waals surface area (Å²) in [4.78, 5) is 98.9. The van der Waals surface area contributed by atoms with Gasteiger partial charge in [0, 0.05) is 73.0 Å². The summed E-state index contributed by atoms with van der Waals surface area (Å²) >= 11 is 0. The Kier molecular flexibility index (Phi) is 26.8. The maximum Gasteiger partial charge on any atom is 1.00 e. The van der Waals surface area contributed by atoms with E-state index >= 15 is 0 Å². The molecule has 6 aliphatic rings. The van der Waals surface area contributed by atoms with E-state index in [0.29, 0.717) is 45.8 Å². The van der Waals surface area contributed by atoms with Crippen LogP contribution in [0.3, 0.4) is 0 Å². The van der Waals surface area contributed by atoms with Crippen LogP contribution in [0.4, 0.5) is 9.59 Å². The fourth-order valence-electron chi connectivity index (χ4n) is 13.1. The fraction of sp³-hybridized carbons (Fsp3) is 0.362. The molecule has 0 saturated carbocycles. The van der Waals surface area contributed by atoms with Crippen LogP contribution < -0.4 is 34.9 Å². The zero-order chi connectivity index (χ0) is 61.3. The summed E-state index contributed by atoms with van der Waals surface area (Å²) < 4.78 is 20.7. The van der Waals surface area contributed by atoms with Crippen LogP contribution in [0.2, 0.25) is 0 Å². The second-order valence-electron chi connectivity index (χ2n) is 22.6. The number of cyclic esters (lactones) is 2. The number of likely N-dealkylation sites (tertiary alicyclic amines) is 3. The second-order valence-corrected chi connectivity index (χ2v) is 22.6. The second kappa shape index (κ2) is 33.8. The summed E-state index contributed by atoms with van der Waals surface area (Å²) in [6, 6.07) is 56.7. The Bertz CT molecular complexity index is 3250. The van der Waals surface area contributed by atoms with Gasteiger partial charge in [0.15, 0.2) is 5.78 Å². The van der Waals surface area contributed by atoms with E-state index in [9.17, 15) is 33.6 Å². The zero-order valence-electron chi connectivity index (χ0n) is 51.2. The first-order valence-corrected chi connectivity index (χ1v) is 29.5. The van der Waals surface area contributed by atoms with Gasteiger partial charge < -0.3 is 45.9 Å². The average molecular weight is 1250 g/mol. The average Bonchev–Trinajstić information content (AvgIpc) is 1.60. The first-order chi connectivity index (χ1) is 42.4. The van der Waals surface area contributed by atoms with Gasteiger partial charge in [-0.1, -0.05) is 182 Å². The molecule has 0 bridgehead atoms. The molecule has 12 rings (SSSR count). The number of amides is 4. The smallest absolute Gasteiger partial charge is 0.512 e. The summed E-state index contributed by atoms with van der Waals surface area (Å²) in [5, 5.41) is 9.62. The van der Waals surface area contributed by atoms with Crippen LogP contribution in [-0.4, -0.2) is 171 Å². The minimum atomic E-state index is -0.847. The van der Waals surface area contributed by atoms with Crippen molar-refractivity contribution in [1.29, 1.82) is 5.26 Å². The minimum Gasteiger partial charge on any atom is -0.512 e. The molecule has 6 aromatic carbocycles. The summed E-state index contributed by atoms with van der Waals surface area (Å²) in [7, 11) is 2.64. The SMILES string of the molecule is COC(=O)[C@@H]1CC(=O)CN1C(=O)C(c1ccccc1)c1ccccc1.COC(=O)[C@@H]1C[C@H](N2CCC3(CCOC(=O)N3Cc3ccccc3)C2)CN1C(=O)C(c1ccccc1)c1ccccc1.Cl.O=C1OCCC2(CCNC2)N1Cc1ccccc1.[B].[C-]#N.[Na+]. The zero-order valence-corrected chi connectivity index (χ0v) is 54.0. The number of hydrogen-bond donors (Lipinski definition) is 1. The van der Waals surface area contributed by atoms with Gasteiger partial charge >= 0.3 is 53.7 Å². The number of esters is 2. The maximum absolute atomic E-state index is 14.4. The van der Waals surface area contributed by atoms with E-state index in [0.717, 1.165) is 78.7 Å². The van der Waals surface area contributed by atoms with Gasteiger partial charge in [0.25, 0.3) is 0 Å². The Morgan fingerprint density at radius 3 is 1.40 bits per heavy atom. The number of rotatable bonds is 13. The molecule has 463 valence electrons. The molecule has 0 aromatic heterocycles. The van der Waals surface area contributed by atoms with Crippen LogP contribution >= 0.6 is 12.4 Å². The first kappa shape index (κ1) is 71.3. The van der Waals surface area contributed by atoms with Crippen LogP contribution in [-0.2, 0) is 56.0 Å². The quantitative estimate of drug-likeness (QED) is 0.0655. The third-order valence-corrected chi connectivity index (χ3v) is 17.6. The van der Waals surface area contributed by atoms with Crippen molar-refractivity contribution in [3.8, 4) is 0 Å². The molecule has 4 amide bonds. The predicted octanol–water partition coefficient (Wildman–Crippen LogP) is 5.51. The molecule has 5 atom stereocenters. The van der Waals surface area contributed by atoms with E-state index < -0.39 is 35.9 Å². The van der Waals surface area contributed by atoms with Gasteiger partial charge in [0.1, 0.15) is 12.1 Å². The predicted molar refractivity (Wildman–Crippen MR) is 336 cm³/mol. The van der Waals surface area contributed by atoms with Gasteiger partial charge in [-0.15, -0.1) is 12.4 Å². The third-order valence-electron chi connectivity index (χ3n) is 17.6. The fourth-order valence-corrected chi connectivity index (χ4v) is 13.1. The number of Topliss-reactive ketones (excluding diaryl/α,β-unsaturated/α-hetero) is 1. The summed E-state index contributed by atoms with van der Waals surface area (Å²) in [6.45, 7) is 10.5. The molecule has 6 saturated heterocycles. The van der Waals surface area contributed by atoms with E-state index in [4.69, 9.17) is 30.8 Å². The molecule has 18 nitrogen and oxygen atoms in total. The third kappa shape index (κ3) is 16.6. The number of ether oxygens (including phenoxy) is 4. The van der Waals surface area contributed by atoms with E-state index in [2.05, 4.69) is 22.3 Å². The van der Waals surface area contributed by atoms with Crippen molar-refractivity contribution in [2.45, 2.75) is 92.7 Å². The van der Waals surface area contributed by atoms with Gasteiger partial charge in [-0.05, 0) is 59.2 Å². The number of methoxy groups -OCH3 is 2. The molecule has 3 radical (unpaired) electrons. The van der Waals surface area contributed by atoms with Crippen molar-refractivity contribution < 1.29 is 82.1 Å². The first-order valence-electron chi connectivity index (χ1n) is 29.5. The molecular formula is C69H75BClN7NaO11. The Labute approximate surface area is 557 Å². The van der Waals surface area contributed by atoms with Crippen molar-refractivity contribution in [1.82, 2.24) is 29.8 Å². The number of carbonyl (C=O) groups is 7. The van der Waals surface area contributed by atoms with Crippen molar-refractivity contribution in [3.05, 3.63) is 222 Å². The Hall–Kier alpha value is -7.83. The molecule has 21 heteroatoms. The maximum atomic E-state index is 14.4. The van der Waals surface area contributed by atoms with Crippen LogP contribution in [0.1, 0.15) is 83.7 Å². The monoisotopic (exact) mass is 1250 g/mol. The Balaban J connectivity index is 0.000000229. The summed E-state index contributed by atoms with van der Waals surface area (Å²) in [6.07, 6.45) is 3.57. The van der Waals surface area contributed by atoms with E-state index in [1.165, 1.54) is 19.1 Å². The number of halogens is 1. The Morgan fingerprint density at radius 2 is 0.978 bits per heavy atom. The number of nitrogens with one attached hydrogen (secondary N) is 1. The van der Waals surface area contributed by atoms with Crippen molar-refractivity contribution in [2.75, 3.05) is 66.7 Å². The van der Waals surface area contributed by atoms with Crippen molar-refractivity contribution in [3.63, 3.8) is 0 Å². The number of carbonyl (C=O) groups excluding carboxylic acids is 7. The van der Waals surface area contributed by atoms with Crippen LogP contribution in [0, 0.1) is 11.8 Å². The minimum absolute atomic E-state index is 0.